The van der Waals surface area contributed by atoms with E-state index in [-0.39, 0.29) is 0 Å². The van der Waals surface area contributed by atoms with Crippen LogP contribution in [0, 0.1) is 6.92 Å². The van der Waals surface area contributed by atoms with Crippen molar-refractivity contribution in [2.45, 2.75) is 38.3 Å². The molecule has 0 spiro atoms. The lowest BCUT2D eigenvalue weighted by atomic mass is 10.1. The minimum atomic E-state index is 0.498. The highest BCUT2D eigenvalue weighted by atomic mass is 15.3. The monoisotopic (exact) mass is 258 g/mol. The highest BCUT2D eigenvalue weighted by Crippen LogP contribution is 2.30. The third-order valence-electron chi connectivity index (χ3n) is 4.43. The zero-order valence-corrected chi connectivity index (χ0v) is 11.1. The molecule has 100 valence electrons. The van der Waals surface area contributed by atoms with Gasteiger partial charge in [-0.25, -0.2) is 4.98 Å². The lowest BCUT2D eigenvalue weighted by Crippen LogP contribution is -2.34. The van der Waals surface area contributed by atoms with Crippen molar-refractivity contribution in [3.63, 3.8) is 0 Å². The maximum absolute atomic E-state index is 4.44. The number of aryl methyl sites for hydroxylation is 1. The lowest BCUT2D eigenvalue weighted by molar-refractivity contribution is 0.318. The molecule has 6 nitrogen and oxygen atoms in total. The number of nitrogens with zero attached hydrogens (tertiary/aromatic N) is 5. The van der Waals surface area contributed by atoms with E-state index in [1.807, 2.05) is 23.7 Å². The van der Waals surface area contributed by atoms with Crippen LogP contribution in [0.3, 0.4) is 0 Å². The van der Waals surface area contributed by atoms with E-state index in [0.29, 0.717) is 12.1 Å². The van der Waals surface area contributed by atoms with Crippen LogP contribution in [-0.2, 0) is 0 Å². The van der Waals surface area contributed by atoms with Gasteiger partial charge in [-0.15, -0.1) is 10.2 Å². The van der Waals surface area contributed by atoms with Crippen LogP contribution in [0.25, 0.3) is 5.65 Å². The topological polar surface area (TPSA) is 58.4 Å². The van der Waals surface area contributed by atoms with Gasteiger partial charge in [0, 0.05) is 31.0 Å². The first-order valence-corrected chi connectivity index (χ1v) is 7.00. The Morgan fingerprint density at radius 1 is 1.26 bits per heavy atom. The van der Waals surface area contributed by atoms with Crippen LogP contribution >= 0.6 is 0 Å². The minimum absolute atomic E-state index is 0.498. The fraction of sp³-hybridized carbons (Fsp3) is 0.615. The third-order valence-corrected chi connectivity index (χ3v) is 4.43. The first kappa shape index (κ1) is 11.2. The molecule has 2 aromatic heterocycles. The van der Waals surface area contributed by atoms with Crippen LogP contribution in [0.5, 0.6) is 0 Å². The van der Waals surface area contributed by atoms with Crippen LogP contribution in [0.1, 0.15) is 25.1 Å². The first-order valence-electron chi connectivity index (χ1n) is 7.00. The van der Waals surface area contributed by atoms with Crippen LogP contribution in [0.4, 0.5) is 5.82 Å². The molecule has 0 aliphatic carbocycles. The highest BCUT2D eigenvalue weighted by molar-refractivity contribution is 5.62. The number of hydrogen-bond donors (Lipinski definition) is 1. The predicted octanol–water partition coefficient (Wildman–Crippen LogP) is 1.08. The number of hydrogen-bond acceptors (Lipinski definition) is 5. The van der Waals surface area contributed by atoms with Gasteiger partial charge < -0.3 is 5.32 Å². The second-order valence-electron chi connectivity index (χ2n) is 5.50. The van der Waals surface area contributed by atoms with Crippen LogP contribution in [-0.4, -0.2) is 49.7 Å². The Hall–Kier alpha value is -1.69. The third kappa shape index (κ3) is 1.70. The number of anilines is 1. The molecule has 6 heteroatoms. The average molecular weight is 258 g/mol. The van der Waals surface area contributed by atoms with Crippen molar-refractivity contribution in [3.8, 4) is 0 Å². The molecule has 2 fully saturated rings. The molecule has 2 aliphatic rings. The summed E-state index contributed by atoms with van der Waals surface area (Å²) in [5.41, 5.74) is 0.830. The van der Waals surface area contributed by atoms with E-state index in [9.17, 15) is 0 Å². The fourth-order valence-electron chi connectivity index (χ4n) is 3.47. The first-order chi connectivity index (χ1) is 9.33. The van der Waals surface area contributed by atoms with E-state index in [1.54, 1.807) is 0 Å². The quantitative estimate of drug-likeness (QED) is 0.873. The number of rotatable bonds is 2. The maximum Gasteiger partial charge on any atom is 0.203 e. The van der Waals surface area contributed by atoms with Gasteiger partial charge in [-0.1, -0.05) is 0 Å². The molecule has 2 saturated heterocycles. The van der Waals surface area contributed by atoms with Gasteiger partial charge in [-0.05, 0) is 32.7 Å². The summed E-state index contributed by atoms with van der Waals surface area (Å²) in [5.74, 6) is 1.76. The summed E-state index contributed by atoms with van der Waals surface area (Å²) >= 11 is 0. The smallest absolute Gasteiger partial charge is 0.203 e. The Morgan fingerprint density at radius 3 is 3.16 bits per heavy atom. The van der Waals surface area contributed by atoms with Crippen LogP contribution < -0.4 is 5.32 Å². The largest absolute Gasteiger partial charge is 0.363 e. The zero-order valence-electron chi connectivity index (χ0n) is 11.1. The van der Waals surface area contributed by atoms with Crippen LogP contribution in [0.15, 0.2) is 12.4 Å². The van der Waals surface area contributed by atoms with Gasteiger partial charge in [0.1, 0.15) is 5.82 Å². The summed E-state index contributed by atoms with van der Waals surface area (Å²) < 4.78 is 1.98. The van der Waals surface area contributed by atoms with Crippen molar-refractivity contribution in [3.05, 3.63) is 18.2 Å². The Labute approximate surface area is 111 Å². The average Bonchev–Trinajstić information content (AvgIpc) is 3.09. The van der Waals surface area contributed by atoms with Crippen molar-refractivity contribution in [2.24, 2.45) is 0 Å². The normalized spacial score (nSPS) is 27.0. The molecule has 0 amide bonds. The Bertz CT molecular complexity index is 606. The molecule has 2 atom stereocenters. The summed E-state index contributed by atoms with van der Waals surface area (Å²) in [6, 6.07) is 1.17. The molecule has 0 bridgehead atoms. The van der Waals surface area contributed by atoms with Crippen molar-refractivity contribution >= 4 is 11.5 Å². The van der Waals surface area contributed by atoms with E-state index in [4.69, 9.17) is 0 Å². The summed E-state index contributed by atoms with van der Waals surface area (Å²) in [7, 11) is 0. The van der Waals surface area contributed by atoms with E-state index < -0.39 is 0 Å². The highest BCUT2D eigenvalue weighted by Gasteiger charge is 2.37. The Balaban J connectivity index is 1.65. The second kappa shape index (κ2) is 4.16. The molecule has 1 N–H and O–H groups in total. The van der Waals surface area contributed by atoms with E-state index in [0.717, 1.165) is 17.3 Å². The molecule has 0 aromatic carbocycles. The summed E-state index contributed by atoms with van der Waals surface area (Å²) in [6.45, 7) is 4.42. The number of fused-ring (bicyclic) bond motifs is 2. The molecule has 0 saturated carbocycles. The molecule has 2 aliphatic heterocycles. The molecular formula is C13H18N6. The minimum Gasteiger partial charge on any atom is -0.363 e. The standard InChI is InChI=1S/C13H18N6/c1-9-16-17-13-12(14-5-8-19(9)13)15-10-4-7-18-6-2-3-11(10)18/h5,8,10-11H,2-4,6-7H2,1H3,(H,14,15). The summed E-state index contributed by atoms with van der Waals surface area (Å²) in [6.07, 6.45) is 7.54. The van der Waals surface area contributed by atoms with Crippen molar-refractivity contribution in [1.82, 2.24) is 24.5 Å². The van der Waals surface area contributed by atoms with Gasteiger partial charge in [0.15, 0.2) is 5.82 Å². The second-order valence-corrected chi connectivity index (χ2v) is 5.50. The molecule has 19 heavy (non-hydrogen) atoms. The van der Waals surface area contributed by atoms with Crippen molar-refractivity contribution in [1.29, 1.82) is 0 Å². The molecular weight excluding hydrogens is 240 g/mol. The Kier molecular flexibility index (Phi) is 2.44. The van der Waals surface area contributed by atoms with Gasteiger partial charge in [0.05, 0.1) is 0 Å². The molecule has 2 aromatic rings. The summed E-state index contributed by atoms with van der Waals surface area (Å²) in [5, 5.41) is 11.9. The predicted molar refractivity (Wildman–Crippen MR) is 72.1 cm³/mol. The van der Waals surface area contributed by atoms with E-state index >= 15 is 0 Å². The van der Waals surface area contributed by atoms with Gasteiger partial charge in [-0.2, -0.15) is 0 Å². The van der Waals surface area contributed by atoms with E-state index in [2.05, 4.69) is 25.4 Å². The molecule has 2 unspecified atom stereocenters. The Morgan fingerprint density at radius 2 is 2.21 bits per heavy atom. The van der Waals surface area contributed by atoms with Gasteiger partial charge in [0.25, 0.3) is 0 Å². The van der Waals surface area contributed by atoms with Gasteiger partial charge >= 0.3 is 0 Å². The van der Waals surface area contributed by atoms with Gasteiger partial charge in [0.2, 0.25) is 5.65 Å². The maximum atomic E-state index is 4.44. The zero-order chi connectivity index (χ0) is 12.8. The SMILES string of the molecule is Cc1nnc2c(NC3CCN4CCCC34)nccn12. The fourth-order valence-corrected chi connectivity index (χ4v) is 3.47. The van der Waals surface area contributed by atoms with E-state index in [1.165, 1.54) is 32.4 Å². The van der Waals surface area contributed by atoms with Crippen molar-refractivity contribution < 1.29 is 0 Å². The lowest BCUT2D eigenvalue weighted by Gasteiger charge is -2.21. The molecule has 4 rings (SSSR count). The van der Waals surface area contributed by atoms with Crippen LogP contribution in [0.2, 0.25) is 0 Å². The van der Waals surface area contributed by atoms with Gasteiger partial charge in [-0.3, -0.25) is 9.30 Å². The molecule has 4 heterocycles. The molecule has 0 radical (unpaired) electrons. The summed E-state index contributed by atoms with van der Waals surface area (Å²) in [4.78, 5) is 7.04. The van der Waals surface area contributed by atoms with Crippen molar-refractivity contribution in [2.75, 3.05) is 18.4 Å². The number of nitrogens with one attached hydrogen (secondary N) is 1. The number of aromatic nitrogens is 4.